The first-order valence-corrected chi connectivity index (χ1v) is 6.02. The minimum Gasteiger partial charge on any atom is -0.464 e. The van der Waals surface area contributed by atoms with Crippen LogP contribution in [0.3, 0.4) is 0 Å². The third-order valence-corrected chi connectivity index (χ3v) is 2.56. The molecule has 1 amide bonds. The number of amides is 1. The number of rotatable bonds is 5. The van der Waals surface area contributed by atoms with E-state index in [0.29, 0.717) is 6.54 Å². The largest absolute Gasteiger partial charge is 0.464 e. The van der Waals surface area contributed by atoms with Crippen molar-refractivity contribution in [1.29, 1.82) is 0 Å². The molecule has 0 bridgehead atoms. The molecule has 2 aromatic rings. The zero-order chi connectivity index (χ0) is 14.4. The highest BCUT2D eigenvalue weighted by atomic mass is 16.5. The Hall–Kier alpha value is -2.70. The van der Waals surface area contributed by atoms with E-state index in [4.69, 9.17) is 0 Å². The first kappa shape index (κ1) is 13.7. The maximum Gasteiger partial charge on any atom is 0.360 e. The van der Waals surface area contributed by atoms with Crippen LogP contribution in [0.25, 0.3) is 0 Å². The van der Waals surface area contributed by atoms with E-state index in [1.54, 1.807) is 0 Å². The van der Waals surface area contributed by atoms with Crippen molar-refractivity contribution in [2.75, 3.05) is 12.4 Å². The summed E-state index contributed by atoms with van der Waals surface area (Å²) in [4.78, 5) is 22.9. The number of hydrogen-bond donors (Lipinski definition) is 1. The van der Waals surface area contributed by atoms with Crippen molar-refractivity contribution in [2.24, 2.45) is 0 Å². The van der Waals surface area contributed by atoms with Gasteiger partial charge >= 0.3 is 5.97 Å². The summed E-state index contributed by atoms with van der Waals surface area (Å²) >= 11 is 0. The lowest BCUT2D eigenvalue weighted by Crippen LogP contribution is -2.14. The molecule has 0 atom stereocenters. The molecule has 0 saturated carbocycles. The Labute approximate surface area is 115 Å². The fourth-order valence-corrected chi connectivity index (χ4v) is 1.57. The highest BCUT2D eigenvalue weighted by Gasteiger charge is 2.11. The summed E-state index contributed by atoms with van der Waals surface area (Å²) in [5.74, 6) is -0.684. The van der Waals surface area contributed by atoms with Gasteiger partial charge in [-0.2, -0.15) is 0 Å². The van der Waals surface area contributed by atoms with Crippen molar-refractivity contribution in [3.05, 3.63) is 42.2 Å². The monoisotopic (exact) mass is 274 g/mol. The highest BCUT2D eigenvalue weighted by molar-refractivity contribution is 5.90. The van der Waals surface area contributed by atoms with Crippen LogP contribution in [0.2, 0.25) is 0 Å². The molecule has 0 radical (unpaired) electrons. The van der Waals surface area contributed by atoms with Gasteiger partial charge < -0.3 is 10.1 Å². The van der Waals surface area contributed by atoms with Crippen molar-refractivity contribution in [3.8, 4) is 0 Å². The Kier molecular flexibility index (Phi) is 4.43. The molecule has 0 aliphatic rings. The molecule has 20 heavy (non-hydrogen) atoms. The van der Waals surface area contributed by atoms with Gasteiger partial charge in [-0.3, -0.25) is 9.48 Å². The zero-order valence-electron chi connectivity index (χ0n) is 10.9. The van der Waals surface area contributed by atoms with Gasteiger partial charge in [0, 0.05) is 12.1 Å². The fourth-order valence-electron chi connectivity index (χ4n) is 1.57. The lowest BCUT2D eigenvalue weighted by Gasteiger charge is -2.04. The molecule has 2 rings (SSSR count). The summed E-state index contributed by atoms with van der Waals surface area (Å²) in [6.07, 6.45) is 1.68. The molecule has 1 N–H and O–H groups in total. The van der Waals surface area contributed by atoms with Crippen LogP contribution in [0.15, 0.2) is 36.5 Å². The van der Waals surface area contributed by atoms with Gasteiger partial charge in [0.15, 0.2) is 5.69 Å². The predicted molar refractivity (Wildman–Crippen MR) is 71.1 cm³/mol. The van der Waals surface area contributed by atoms with Crippen LogP contribution in [0.5, 0.6) is 0 Å². The number of benzene rings is 1. The molecule has 104 valence electrons. The third kappa shape index (κ3) is 3.64. The van der Waals surface area contributed by atoms with Gasteiger partial charge in [-0.15, -0.1) is 5.10 Å². The van der Waals surface area contributed by atoms with Gasteiger partial charge in [0.1, 0.15) is 0 Å². The number of anilines is 1. The molecule has 0 aliphatic heterocycles. The first-order valence-electron chi connectivity index (χ1n) is 6.02. The van der Waals surface area contributed by atoms with Gasteiger partial charge in [0.2, 0.25) is 5.91 Å². The van der Waals surface area contributed by atoms with Crippen LogP contribution in [0.1, 0.15) is 16.9 Å². The molecule has 7 heteroatoms. The number of carbonyl (C=O) groups excluding carboxylic acids is 2. The number of nitrogens with zero attached hydrogens (tertiary/aromatic N) is 3. The molecule has 1 aromatic heterocycles. The van der Waals surface area contributed by atoms with Crippen LogP contribution in [0, 0.1) is 0 Å². The molecule has 0 saturated heterocycles. The molecule has 1 heterocycles. The molecular formula is C13H14N4O3. The Morgan fingerprint density at radius 2 is 2.05 bits per heavy atom. The van der Waals surface area contributed by atoms with E-state index < -0.39 is 5.97 Å². The van der Waals surface area contributed by atoms with Gasteiger partial charge in [0.25, 0.3) is 0 Å². The molecule has 0 aliphatic carbocycles. The molecule has 1 aromatic carbocycles. The predicted octanol–water partition coefficient (Wildman–Crippen LogP) is 1.09. The summed E-state index contributed by atoms with van der Waals surface area (Å²) in [6.45, 7) is 0.336. The number of carbonyl (C=O) groups is 2. The Bertz CT molecular complexity index is 595. The minimum atomic E-state index is -0.551. The Balaban J connectivity index is 1.84. The molecule has 7 nitrogen and oxygen atoms in total. The Morgan fingerprint density at radius 1 is 1.30 bits per heavy atom. The second kappa shape index (κ2) is 6.46. The van der Waals surface area contributed by atoms with Crippen LogP contribution < -0.4 is 5.32 Å². The standard InChI is InChI=1S/C13H14N4O3/c1-20-13(19)11-9-17(16-15-11)8-7-12(18)14-10-5-3-2-4-6-10/h2-6,9H,7-8H2,1H3,(H,14,18). The number of ether oxygens (including phenoxy) is 1. The van der Waals surface area contributed by atoms with Crippen LogP contribution in [-0.2, 0) is 16.1 Å². The summed E-state index contributed by atoms with van der Waals surface area (Å²) in [5, 5.41) is 10.2. The quantitative estimate of drug-likeness (QED) is 0.825. The van der Waals surface area contributed by atoms with Gasteiger partial charge in [-0.05, 0) is 12.1 Å². The third-order valence-electron chi connectivity index (χ3n) is 2.56. The number of esters is 1. The van der Waals surface area contributed by atoms with Crippen molar-refractivity contribution in [1.82, 2.24) is 15.0 Å². The topological polar surface area (TPSA) is 86.1 Å². The normalized spacial score (nSPS) is 10.1. The maximum atomic E-state index is 11.7. The number of methoxy groups -OCH3 is 1. The Morgan fingerprint density at radius 3 is 2.75 bits per heavy atom. The number of para-hydroxylation sites is 1. The van der Waals surface area contributed by atoms with Crippen LogP contribution in [-0.4, -0.2) is 34.0 Å². The molecular weight excluding hydrogens is 260 g/mol. The minimum absolute atomic E-state index is 0.121. The van der Waals surface area contributed by atoms with E-state index in [1.807, 2.05) is 30.3 Å². The summed E-state index contributed by atoms with van der Waals surface area (Å²) in [7, 11) is 1.27. The number of aromatic nitrogens is 3. The average Bonchev–Trinajstić information content (AvgIpc) is 2.94. The molecule has 0 spiro atoms. The van der Waals surface area contributed by atoms with Crippen LogP contribution in [0.4, 0.5) is 5.69 Å². The van der Waals surface area contributed by atoms with E-state index in [0.717, 1.165) is 5.69 Å². The van der Waals surface area contributed by atoms with E-state index in [-0.39, 0.29) is 18.0 Å². The first-order chi connectivity index (χ1) is 9.69. The van der Waals surface area contributed by atoms with Crippen molar-refractivity contribution in [2.45, 2.75) is 13.0 Å². The van der Waals surface area contributed by atoms with Crippen LogP contribution >= 0.6 is 0 Å². The van der Waals surface area contributed by atoms with Crippen molar-refractivity contribution < 1.29 is 14.3 Å². The number of aryl methyl sites for hydroxylation is 1. The second-order valence-electron chi connectivity index (χ2n) is 4.02. The van der Waals surface area contributed by atoms with Gasteiger partial charge in [-0.1, -0.05) is 23.4 Å². The van der Waals surface area contributed by atoms with E-state index in [2.05, 4.69) is 20.4 Å². The second-order valence-corrected chi connectivity index (χ2v) is 4.02. The van der Waals surface area contributed by atoms with Gasteiger partial charge in [-0.25, -0.2) is 4.79 Å². The average molecular weight is 274 g/mol. The van der Waals surface area contributed by atoms with E-state index in [1.165, 1.54) is 18.0 Å². The van der Waals surface area contributed by atoms with Crippen molar-refractivity contribution >= 4 is 17.6 Å². The fraction of sp³-hybridized carbons (Fsp3) is 0.231. The lowest BCUT2D eigenvalue weighted by molar-refractivity contribution is -0.116. The lowest BCUT2D eigenvalue weighted by atomic mass is 10.3. The van der Waals surface area contributed by atoms with Gasteiger partial charge in [0.05, 0.1) is 19.9 Å². The number of nitrogens with one attached hydrogen (secondary N) is 1. The highest BCUT2D eigenvalue weighted by Crippen LogP contribution is 2.05. The zero-order valence-corrected chi connectivity index (χ0v) is 10.9. The maximum absolute atomic E-state index is 11.7. The summed E-state index contributed by atoms with van der Waals surface area (Å²) in [6, 6.07) is 9.18. The SMILES string of the molecule is COC(=O)c1cn(CCC(=O)Nc2ccccc2)nn1. The number of hydrogen-bond acceptors (Lipinski definition) is 5. The van der Waals surface area contributed by atoms with Crippen molar-refractivity contribution in [3.63, 3.8) is 0 Å². The molecule has 0 fully saturated rings. The summed E-state index contributed by atoms with van der Waals surface area (Å²) in [5.41, 5.74) is 0.863. The summed E-state index contributed by atoms with van der Waals surface area (Å²) < 4.78 is 5.95. The smallest absolute Gasteiger partial charge is 0.360 e. The van der Waals surface area contributed by atoms with E-state index in [9.17, 15) is 9.59 Å². The molecule has 0 unspecified atom stereocenters. The van der Waals surface area contributed by atoms with E-state index >= 15 is 0 Å².